The van der Waals surface area contributed by atoms with Gasteiger partial charge in [-0.1, -0.05) is 0 Å². The lowest BCUT2D eigenvalue weighted by molar-refractivity contribution is 0.145. The topological polar surface area (TPSA) is 94.4 Å². The minimum atomic E-state index is -1.04. The largest absolute Gasteiger partial charge is 0.612 e. The average Bonchev–Trinajstić information content (AvgIpc) is 2.79. The minimum Gasteiger partial charge on any atom is -0.612 e. The summed E-state index contributed by atoms with van der Waals surface area (Å²) in [6.07, 6.45) is 2.77. The monoisotopic (exact) mass is 424 g/mol. The van der Waals surface area contributed by atoms with Gasteiger partial charge in [-0.05, 0) is 72.5 Å². The highest BCUT2D eigenvalue weighted by molar-refractivity contribution is 7.90. The number of aliphatic hydroxyl groups excluding tert-OH is 1. The van der Waals surface area contributed by atoms with Crippen molar-refractivity contribution >= 4 is 17.1 Å². The van der Waals surface area contributed by atoms with Gasteiger partial charge in [-0.2, -0.15) is 0 Å². The maximum Gasteiger partial charge on any atom is 0.245 e. The molecule has 1 aliphatic rings. The van der Waals surface area contributed by atoms with E-state index in [0.717, 1.165) is 21.8 Å². The van der Waals surface area contributed by atoms with Crippen LogP contribution < -0.4 is 9.64 Å². The lowest BCUT2D eigenvalue weighted by Gasteiger charge is -2.29. The van der Waals surface area contributed by atoms with E-state index in [2.05, 4.69) is 15.1 Å². The molecule has 3 aromatic rings. The number of aliphatic hydroxyl groups is 1. The van der Waals surface area contributed by atoms with E-state index >= 15 is 0 Å². The van der Waals surface area contributed by atoms with E-state index in [-0.39, 0.29) is 6.10 Å². The summed E-state index contributed by atoms with van der Waals surface area (Å²) >= 11 is -1.04. The zero-order valence-electron chi connectivity index (χ0n) is 17.0. The predicted molar refractivity (Wildman–Crippen MR) is 117 cm³/mol. The Kier molecular flexibility index (Phi) is 6.17. The summed E-state index contributed by atoms with van der Waals surface area (Å²) in [6, 6.07) is 15.1. The number of rotatable bonds is 5. The molecule has 1 unspecified atom stereocenters. The quantitative estimate of drug-likeness (QED) is 0.629. The Morgan fingerprint density at radius 2 is 1.57 bits per heavy atom. The van der Waals surface area contributed by atoms with Crippen LogP contribution in [0.15, 0.2) is 53.4 Å². The van der Waals surface area contributed by atoms with E-state index in [1.165, 1.54) is 0 Å². The summed E-state index contributed by atoms with van der Waals surface area (Å²) < 4.78 is 17.0. The Morgan fingerprint density at radius 3 is 2.17 bits per heavy atom. The first-order valence-corrected chi connectivity index (χ1v) is 11.4. The van der Waals surface area contributed by atoms with Crippen molar-refractivity contribution in [2.75, 3.05) is 31.4 Å². The van der Waals surface area contributed by atoms with Crippen LogP contribution in [-0.4, -0.2) is 57.4 Å². The number of piperidine rings is 1. The molecule has 1 N–H and O–H groups in total. The Bertz CT molecular complexity index is 988. The van der Waals surface area contributed by atoms with Gasteiger partial charge in [0, 0.05) is 24.2 Å². The maximum absolute atomic E-state index is 11.8. The first-order chi connectivity index (χ1) is 14.5. The molecule has 0 bridgehead atoms. The van der Waals surface area contributed by atoms with Gasteiger partial charge in [0.2, 0.25) is 5.95 Å². The van der Waals surface area contributed by atoms with Crippen LogP contribution in [0.3, 0.4) is 0 Å². The Labute approximate surface area is 178 Å². The average molecular weight is 425 g/mol. The third-order valence-corrected chi connectivity index (χ3v) is 6.18. The second-order valence-electron chi connectivity index (χ2n) is 7.23. The summed E-state index contributed by atoms with van der Waals surface area (Å²) in [7, 11) is 1.63. The molecule has 0 spiro atoms. The third-order valence-electron chi connectivity index (χ3n) is 5.25. The lowest BCUT2D eigenvalue weighted by Crippen LogP contribution is -2.37. The second-order valence-corrected chi connectivity index (χ2v) is 8.61. The molecule has 1 aliphatic heterocycles. The van der Waals surface area contributed by atoms with Gasteiger partial charge in [-0.3, -0.25) is 0 Å². The van der Waals surface area contributed by atoms with E-state index in [0.29, 0.717) is 43.3 Å². The summed E-state index contributed by atoms with van der Waals surface area (Å²) in [5, 5.41) is 18.7. The van der Waals surface area contributed by atoms with Crippen LogP contribution in [0.5, 0.6) is 5.75 Å². The molecule has 1 fully saturated rings. The molecular formula is C22H24N4O3S. The molecule has 2 aromatic carbocycles. The van der Waals surface area contributed by atoms with Crippen LogP contribution in [-0.2, 0) is 11.2 Å². The van der Waals surface area contributed by atoms with Crippen molar-refractivity contribution in [3.63, 3.8) is 0 Å². The molecule has 7 nitrogen and oxygen atoms in total. The summed E-state index contributed by atoms with van der Waals surface area (Å²) in [4.78, 5) is 7.66. The number of ether oxygens (including phenoxy) is 1. The number of hydrogen-bond donors (Lipinski definition) is 1. The Hall–Kier alpha value is -2.68. The van der Waals surface area contributed by atoms with E-state index < -0.39 is 11.2 Å². The summed E-state index contributed by atoms with van der Waals surface area (Å²) in [5.41, 5.74) is 3.14. The Morgan fingerprint density at radius 1 is 0.967 bits per heavy atom. The van der Waals surface area contributed by atoms with Gasteiger partial charge in [-0.25, -0.2) is 4.98 Å². The number of anilines is 1. The fraction of sp³-hybridized carbons (Fsp3) is 0.318. The number of methoxy groups -OCH3 is 1. The maximum atomic E-state index is 11.8. The zero-order valence-corrected chi connectivity index (χ0v) is 17.8. The van der Waals surface area contributed by atoms with E-state index in [9.17, 15) is 9.66 Å². The van der Waals surface area contributed by atoms with Crippen LogP contribution in [0.4, 0.5) is 5.95 Å². The molecule has 0 aliphatic carbocycles. The first kappa shape index (κ1) is 20.6. The van der Waals surface area contributed by atoms with Gasteiger partial charge in [-0.15, -0.1) is 10.2 Å². The molecule has 1 atom stereocenters. The molecule has 156 valence electrons. The summed E-state index contributed by atoms with van der Waals surface area (Å²) in [6.45, 7) is 1.38. The normalized spacial score (nSPS) is 15.8. The van der Waals surface area contributed by atoms with Crippen LogP contribution in [0, 0.1) is 0 Å². The molecule has 0 saturated carbocycles. The minimum absolute atomic E-state index is 0.269. The standard InChI is InChI=1S/C22H24N4O3S/c1-29-18-7-3-16(4-8-18)21-20(15-5-9-19(10-6-15)30(2)28)23-22(25-24-21)26-13-11-17(27)12-14-26/h3-10,17,27H,11-14H2,1-2H3. The zero-order chi connectivity index (χ0) is 21.1. The van der Waals surface area contributed by atoms with E-state index in [1.807, 2.05) is 48.5 Å². The van der Waals surface area contributed by atoms with Crippen molar-refractivity contribution < 1.29 is 14.4 Å². The SMILES string of the molecule is COc1ccc(-c2nnc(N3CCC(O)CC3)nc2-c2ccc([S+](C)[O-])cc2)cc1. The van der Waals surface area contributed by atoms with Crippen molar-refractivity contribution in [2.24, 2.45) is 0 Å². The molecule has 8 heteroatoms. The van der Waals surface area contributed by atoms with Gasteiger partial charge < -0.3 is 19.3 Å². The number of nitrogens with zero attached hydrogens (tertiary/aromatic N) is 4. The van der Waals surface area contributed by atoms with Crippen LogP contribution in [0.2, 0.25) is 0 Å². The van der Waals surface area contributed by atoms with Gasteiger partial charge >= 0.3 is 0 Å². The highest BCUT2D eigenvalue weighted by atomic mass is 32.2. The van der Waals surface area contributed by atoms with Crippen LogP contribution in [0.1, 0.15) is 12.8 Å². The highest BCUT2D eigenvalue weighted by Crippen LogP contribution is 2.31. The Balaban J connectivity index is 1.76. The fourth-order valence-corrected chi connectivity index (χ4v) is 3.99. The van der Waals surface area contributed by atoms with E-state index in [4.69, 9.17) is 9.72 Å². The molecule has 0 amide bonds. The first-order valence-electron chi connectivity index (χ1n) is 9.81. The van der Waals surface area contributed by atoms with E-state index in [1.54, 1.807) is 13.4 Å². The smallest absolute Gasteiger partial charge is 0.245 e. The van der Waals surface area contributed by atoms with Crippen molar-refractivity contribution in [1.82, 2.24) is 15.2 Å². The number of aromatic nitrogens is 3. The van der Waals surface area contributed by atoms with Gasteiger partial charge in [0.15, 0.2) is 4.90 Å². The third kappa shape index (κ3) is 4.40. The number of benzene rings is 2. The van der Waals surface area contributed by atoms with Gasteiger partial charge in [0.1, 0.15) is 23.4 Å². The summed E-state index contributed by atoms with van der Waals surface area (Å²) in [5.74, 6) is 1.32. The van der Waals surface area contributed by atoms with Crippen molar-refractivity contribution in [2.45, 2.75) is 23.8 Å². The molecular weight excluding hydrogens is 400 g/mol. The number of hydrogen-bond acceptors (Lipinski definition) is 7. The highest BCUT2D eigenvalue weighted by Gasteiger charge is 2.22. The second kappa shape index (κ2) is 8.99. The lowest BCUT2D eigenvalue weighted by atomic mass is 10.0. The molecule has 30 heavy (non-hydrogen) atoms. The van der Waals surface area contributed by atoms with Gasteiger partial charge in [0.25, 0.3) is 0 Å². The van der Waals surface area contributed by atoms with Crippen molar-refractivity contribution in [1.29, 1.82) is 0 Å². The molecule has 0 radical (unpaired) electrons. The molecule has 2 heterocycles. The van der Waals surface area contributed by atoms with Crippen LogP contribution >= 0.6 is 0 Å². The molecule has 1 aromatic heterocycles. The fourth-order valence-electron chi connectivity index (χ4n) is 3.47. The predicted octanol–water partition coefficient (Wildman–Crippen LogP) is 2.91. The van der Waals surface area contributed by atoms with Crippen molar-refractivity contribution in [3.8, 4) is 28.3 Å². The van der Waals surface area contributed by atoms with Crippen molar-refractivity contribution in [3.05, 3.63) is 48.5 Å². The van der Waals surface area contributed by atoms with Crippen LogP contribution in [0.25, 0.3) is 22.5 Å². The van der Waals surface area contributed by atoms with Gasteiger partial charge in [0.05, 0.1) is 13.2 Å². The molecule has 4 rings (SSSR count). The molecule has 1 saturated heterocycles.